The maximum absolute atomic E-state index is 14.4. The average molecular weight is 669 g/mol. The van der Waals surface area contributed by atoms with E-state index in [-0.39, 0.29) is 5.92 Å². The molecule has 0 aliphatic carbocycles. The predicted octanol–water partition coefficient (Wildman–Crippen LogP) is 6.96. The summed E-state index contributed by atoms with van der Waals surface area (Å²) >= 11 is 3.59. The van der Waals surface area contributed by atoms with Gasteiger partial charge in [0.1, 0.15) is 11.9 Å². The third-order valence-electron chi connectivity index (χ3n) is 8.30. The third kappa shape index (κ3) is 7.24. The van der Waals surface area contributed by atoms with E-state index in [1.807, 2.05) is 84.4 Å². The van der Waals surface area contributed by atoms with Crippen molar-refractivity contribution in [1.29, 1.82) is 0 Å². The zero-order valence-corrected chi connectivity index (χ0v) is 27.5. The molecule has 5 aromatic rings. The molecule has 1 amide bonds. The number of nitrogens with zero attached hydrogens (tertiary/aromatic N) is 7. The highest BCUT2D eigenvalue weighted by Crippen LogP contribution is 2.34. The van der Waals surface area contributed by atoms with E-state index in [0.29, 0.717) is 41.5 Å². The number of hydrogen-bond donors (Lipinski definition) is 0. The number of aryl methyl sites for hydroxylation is 1. The fourth-order valence-electron chi connectivity index (χ4n) is 5.74. The van der Waals surface area contributed by atoms with Crippen molar-refractivity contribution in [2.24, 2.45) is 0 Å². The van der Waals surface area contributed by atoms with Crippen LogP contribution >= 0.6 is 15.9 Å². The van der Waals surface area contributed by atoms with Gasteiger partial charge in [-0.15, -0.1) is 0 Å². The Hall–Kier alpha value is -4.12. The molecular weight excluding hydrogens is 630 g/mol. The maximum Gasteiger partial charge on any atom is 0.420 e. The quantitative estimate of drug-likeness (QED) is 0.168. The average Bonchev–Trinajstić information content (AvgIpc) is 3.45. The van der Waals surface area contributed by atoms with E-state index in [0.717, 1.165) is 36.2 Å². The number of likely N-dealkylation sites (N-methyl/N-ethyl adjacent to an activating group) is 1. The van der Waals surface area contributed by atoms with Gasteiger partial charge in [0.05, 0.1) is 17.3 Å². The second-order valence-corrected chi connectivity index (χ2v) is 12.6. The maximum atomic E-state index is 14.4. The van der Waals surface area contributed by atoms with Crippen LogP contribution in [0.1, 0.15) is 35.9 Å². The second kappa shape index (κ2) is 13.9. The van der Waals surface area contributed by atoms with E-state index >= 15 is 0 Å². The van der Waals surface area contributed by atoms with Crippen LogP contribution in [0.3, 0.4) is 0 Å². The molecule has 45 heavy (non-hydrogen) atoms. The summed E-state index contributed by atoms with van der Waals surface area (Å²) in [6.07, 6.45) is 0.768. The summed E-state index contributed by atoms with van der Waals surface area (Å²) in [5, 5.41) is 5.40. The molecule has 1 aliphatic rings. The van der Waals surface area contributed by atoms with Gasteiger partial charge >= 0.3 is 6.09 Å². The van der Waals surface area contributed by atoms with Crippen LogP contribution < -0.4 is 4.90 Å². The first-order valence-electron chi connectivity index (χ1n) is 15.3. The van der Waals surface area contributed by atoms with Gasteiger partial charge in [0.2, 0.25) is 0 Å². The predicted molar refractivity (Wildman–Crippen MR) is 181 cm³/mol. The van der Waals surface area contributed by atoms with Gasteiger partial charge in [-0.1, -0.05) is 89.6 Å². The van der Waals surface area contributed by atoms with Crippen LogP contribution in [0.15, 0.2) is 95.6 Å². The summed E-state index contributed by atoms with van der Waals surface area (Å²) in [4.78, 5) is 30.3. The number of carbonyl (C=O) groups excluding carboxylic acids is 1. The number of benzene rings is 3. The van der Waals surface area contributed by atoms with Crippen LogP contribution in [-0.4, -0.2) is 75.4 Å². The number of carbonyl (C=O) groups is 1. The second-order valence-electron chi connectivity index (χ2n) is 11.7. The largest absolute Gasteiger partial charge is 0.439 e. The molecule has 2 aromatic heterocycles. The number of anilines is 2. The monoisotopic (exact) mass is 667 g/mol. The number of ether oxygens (including phenoxy) is 1. The number of rotatable bonds is 9. The summed E-state index contributed by atoms with van der Waals surface area (Å²) in [5.41, 5.74) is 3.47. The Balaban J connectivity index is 1.37. The number of hydrogen-bond acceptors (Lipinski definition) is 7. The normalized spacial score (nSPS) is 15.6. The van der Waals surface area contributed by atoms with Gasteiger partial charge < -0.3 is 9.64 Å². The smallest absolute Gasteiger partial charge is 0.420 e. The van der Waals surface area contributed by atoms with Crippen LogP contribution in [0.4, 0.5) is 16.3 Å². The van der Waals surface area contributed by atoms with Gasteiger partial charge in [-0.25, -0.2) is 24.3 Å². The van der Waals surface area contributed by atoms with Gasteiger partial charge in [0.25, 0.3) is 0 Å². The summed E-state index contributed by atoms with van der Waals surface area (Å²) < 4.78 is 9.16. The SMILES string of the molecule is Cc1nc(N(C(=O)OC(CN2CCN(C)CC2)c2ccccc2)c2cccc(Br)c2)c2cnn(CC(C)c3ccccc3)c2n1. The van der Waals surface area contributed by atoms with Crippen molar-refractivity contribution in [2.45, 2.75) is 32.4 Å². The Morgan fingerprint density at radius 2 is 1.60 bits per heavy atom. The molecule has 232 valence electrons. The summed E-state index contributed by atoms with van der Waals surface area (Å²) in [6, 6.07) is 27.9. The van der Waals surface area contributed by atoms with E-state index in [4.69, 9.17) is 19.8 Å². The molecule has 6 rings (SSSR count). The van der Waals surface area contributed by atoms with E-state index < -0.39 is 12.2 Å². The number of aromatic nitrogens is 4. The van der Waals surface area contributed by atoms with Crippen LogP contribution in [0, 0.1) is 6.92 Å². The molecule has 1 fully saturated rings. The van der Waals surface area contributed by atoms with Crippen molar-refractivity contribution < 1.29 is 9.53 Å². The molecule has 0 radical (unpaired) electrons. The first-order chi connectivity index (χ1) is 21.9. The highest BCUT2D eigenvalue weighted by Gasteiger charge is 2.30. The fraction of sp³-hybridized carbons (Fsp3) is 0.314. The van der Waals surface area contributed by atoms with Crippen molar-refractivity contribution in [1.82, 2.24) is 29.5 Å². The minimum absolute atomic E-state index is 0.209. The molecule has 0 saturated carbocycles. The Bertz CT molecular complexity index is 1740. The molecule has 9 nitrogen and oxygen atoms in total. The lowest BCUT2D eigenvalue weighted by Crippen LogP contribution is -2.46. The standard InChI is InChI=1S/C35H38BrN7O2/c1-25(27-11-6-4-7-12-27)23-42-33-31(22-37-42)34(39-26(2)38-33)43(30-16-10-15-29(36)21-30)35(44)45-32(28-13-8-5-9-14-28)24-41-19-17-40(3)18-20-41/h4-16,21-22,25,32H,17-20,23-24H2,1-3H3. The van der Waals surface area contributed by atoms with Crippen LogP contribution in [-0.2, 0) is 11.3 Å². The van der Waals surface area contributed by atoms with Gasteiger partial charge in [-0.05, 0) is 43.3 Å². The Morgan fingerprint density at radius 3 is 2.29 bits per heavy atom. The molecule has 1 aliphatic heterocycles. The van der Waals surface area contributed by atoms with E-state index in [2.05, 4.69) is 51.8 Å². The van der Waals surface area contributed by atoms with Crippen molar-refractivity contribution >= 4 is 44.6 Å². The number of piperazine rings is 1. The summed E-state index contributed by atoms with van der Waals surface area (Å²) in [7, 11) is 2.14. The zero-order chi connectivity index (χ0) is 31.3. The molecular formula is C35H38BrN7O2. The van der Waals surface area contributed by atoms with Crippen LogP contribution in [0.25, 0.3) is 11.0 Å². The summed E-state index contributed by atoms with van der Waals surface area (Å²) in [6.45, 7) is 9.03. The lowest BCUT2D eigenvalue weighted by atomic mass is 10.0. The minimum atomic E-state index is -0.513. The number of amides is 1. The van der Waals surface area contributed by atoms with E-state index in [1.165, 1.54) is 5.56 Å². The molecule has 0 spiro atoms. The molecule has 3 heterocycles. The van der Waals surface area contributed by atoms with Gasteiger partial charge in [-0.2, -0.15) is 5.10 Å². The summed E-state index contributed by atoms with van der Waals surface area (Å²) in [5.74, 6) is 1.18. The molecule has 2 atom stereocenters. The highest BCUT2D eigenvalue weighted by atomic mass is 79.9. The van der Waals surface area contributed by atoms with E-state index in [1.54, 1.807) is 11.1 Å². The molecule has 0 bridgehead atoms. The highest BCUT2D eigenvalue weighted by molar-refractivity contribution is 9.10. The van der Waals surface area contributed by atoms with E-state index in [9.17, 15) is 4.79 Å². The zero-order valence-electron chi connectivity index (χ0n) is 25.9. The van der Waals surface area contributed by atoms with Gasteiger partial charge in [0.15, 0.2) is 11.5 Å². The molecule has 3 aromatic carbocycles. The number of fused-ring (bicyclic) bond motifs is 1. The topological polar surface area (TPSA) is 79.6 Å². The van der Waals surface area contributed by atoms with Crippen molar-refractivity contribution in [3.05, 3.63) is 113 Å². The molecule has 10 heteroatoms. The first-order valence-corrected chi connectivity index (χ1v) is 16.1. The lowest BCUT2D eigenvalue weighted by Gasteiger charge is -2.35. The Morgan fingerprint density at radius 1 is 0.911 bits per heavy atom. The number of halogens is 1. The molecule has 2 unspecified atom stereocenters. The van der Waals surface area contributed by atoms with Gasteiger partial charge in [0, 0.05) is 49.7 Å². The van der Waals surface area contributed by atoms with Crippen LogP contribution in [0.2, 0.25) is 0 Å². The minimum Gasteiger partial charge on any atom is -0.439 e. The van der Waals surface area contributed by atoms with Crippen LogP contribution in [0.5, 0.6) is 0 Å². The van der Waals surface area contributed by atoms with Crippen molar-refractivity contribution in [2.75, 3.05) is 44.7 Å². The third-order valence-corrected chi connectivity index (χ3v) is 8.79. The fourth-order valence-corrected chi connectivity index (χ4v) is 6.13. The van der Waals surface area contributed by atoms with Crippen molar-refractivity contribution in [3.8, 4) is 0 Å². The molecule has 0 N–H and O–H groups in total. The Kier molecular flexibility index (Phi) is 9.53. The molecule has 1 saturated heterocycles. The van der Waals surface area contributed by atoms with Gasteiger partial charge in [-0.3, -0.25) is 4.90 Å². The lowest BCUT2D eigenvalue weighted by molar-refractivity contribution is 0.0588. The van der Waals surface area contributed by atoms with Crippen molar-refractivity contribution in [3.63, 3.8) is 0 Å². The Labute approximate surface area is 272 Å². The first kappa shape index (κ1) is 30.9.